The molecule has 256 valence electrons. The van der Waals surface area contributed by atoms with Crippen LogP contribution in [0.1, 0.15) is 109 Å². The van der Waals surface area contributed by atoms with E-state index >= 15 is 0 Å². The molecule has 2 saturated carbocycles. The van der Waals surface area contributed by atoms with Crippen LogP contribution in [0.25, 0.3) is 0 Å². The van der Waals surface area contributed by atoms with E-state index in [0.29, 0.717) is 29.0 Å². The molecular weight excluding hydrogens is 594 g/mol. The Balaban J connectivity index is 1.10. The van der Waals surface area contributed by atoms with Gasteiger partial charge in [0.05, 0.1) is 24.4 Å². The molecule has 1 N–H and O–H groups in total. The number of rotatable bonds is 5. The second-order valence-corrected chi connectivity index (χ2v) is 15.7. The van der Waals surface area contributed by atoms with Gasteiger partial charge >= 0.3 is 12.1 Å². The molecule has 11 nitrogen and oxygen atoms in total. The van der Waals surface area contributed by atoms with E-state index in [0.717, 1.165) is 31.2 Å². The number of hydrogen-bond donors (Lipinski definition) is 1. The first-order valence-electron chi connectivity index (χ1n) is 16.7. The molecule has 5 aliphatic rings. The van der Waals surface area contributed by atoms with Crippen molar-refractivity contribution in [2.45, 2.75) is 155 Å². The maximum absolute atomic E-state index is 13.6. The lowest BCUT2D eigenvalue weighted by molar-refractivity contribution is -0.176. The molecule has 4 fully saturated rings. The molecule has 0 aromatic heterocycles. The Morgan fingerprint density at radius 1 is 0.870 bits per heavy atom. The van der Waals surface area contributed by atoms with E-state index in [1.54, 1.807) is 0 Å². The van der Waals surface area contributed by atoms with Gasteiger partial charge in [0, 0.05) is 30.4 Å². The van der Waals surface area contributed by atoms with Crippen molar-refractivity contribution < 1.29 is 47.5 Å². The first-order chi connectivity index (χ1) is 21.3. The molecule has 2 aliphatic carbocycles. The van der Waals surface area contributed by atoms with Gasteiger partial charge in [0.2, 0.25) is 0 Å². The van der Waals surface area contributed by atoms with Gasteiger partial charge in [0.25, 0.3) is 5.79 Å². The lowest BCUT2D eigenvalue weighted by Gasteiger charge is -2.37. The summed E-state index contributed by atoms with van der Waals surface area (Å²) in [5.41, 5.74) is 1.41. The van der Waals surface area contributed by atoms with Crippen LogP contribution in [0.4, 0.5) is 4.79 Å². The van der Waals surface area contributed by atoms with Crippen LogP contribution in [-0.4, -0.2) is 72.1 Å². The number of alkyl carbamates (subject to hydrolysis) is 1. The summed E-state index contributed by atoms with van der Waals surface area (Å²) < 4.78 is 49.4. The highest BCUT2D eigenvalue weighted by Gasteiger charge is 2.60. The van der Waals surface area contributed by atoms with Crippen molar-refractivity contribution in [3.8, 4) is 11.5 Å². The molecular formula is C35H51NO10. The summed E-state index contributed by atoms with van der Waals surface area (Å²) in [5.74, 6) is -1.55. The third kappa shape index (κ3) is 6.57. The molecule has 46 heavy (non-hydrogen) atoms. The average molecular weight is 646 g/mol. The minimum atomic E-state index is -0.880. The molecule has 11 heteroatoms. The SMILES string of the molecule is Cc1cc(C(=O)OC[C@H]2C[C@@H]3OC(C)(C)O[C@@H]3[C@H]3OC(C)(C)O[C@@H]23)c(C)c2c1O[C@](C)(C1CCC(NC(=O)OC(C)(C)C)CC1)O2. The molecule has 2 saturated heterocycles. The smallest absolute Gasteiger partial charge is 0.407 e. The molecule has 1 amide bonds. The minimum absolute atomic E-state index is 0.0418. The van der Waals surface area contributed by atoms with Crippen LogP contribution in [0.15, 0.2) is 6.07 Å². The monoisotopic (exact) mass is 645 g/mol. The van der Waals surface area contributed by atoms with Crippen molar-refractivity contribution in [3.05, 3.63) is 22.8 Å². The number of amides is 1. The third-order valence-electron chi connectivity index (χ3n) is 9.83. The third-order valence-corrected chi connectivity index (χ3v) is 9.83. The largest absolute Gasteiger partial charge is 0.462 e. The lowest BCUT2D eigenvalue weighted by Crippen LogP contribution is -2.52. The standard InChI is InChI=1S/C35H51NO10/c1-18-15-23(30(37)39-17-20-16-24-28(42-33(6,7)40-24)29-27(20)41-34(8,9)43-29)19(2)26-25(18)44-35(10,45-26)21-11-13-22(14-12-21)36-31(38)46-32(3,4)5/h15,20-22,24,27-29H,11-14,16-17H2,1-10H3,(H,36,38)/t20-,21?,22?,24+,27+,28+,29+,35+/m1/s1. The Morgan fingerprint density at radius 3 is 2.15 bits per heavy atom. The number of carbonyl (C=O) groups is 2. The maximum atomic E-state index is 13.6. The second-order valence-electron chi connectivity index (χ2n) is 15.7. The van der Waals surface area contributed by atoms with Crippen molar-refractivity contribution in [1.82, 2.24) is 5.32 Å². The summed E-state index contributed by atoms with van der Waals surface area (Å²) in [6.07, 6.45) is 2.47. The maximum Gasteiger partial charge on any atom is 0.407 e. The highest BCUT2D eigenvalue weighted by Crippen LogP contribution is 2.51. The average Bonchev–Trinajstić information content (AvgIpc) is 3.58. The van der Waals surface area contributed by atoms with E-state index < -0.39 is 28.9 Å². The second kappa shape index (κ2) is 11.5. The number of esters is 1. The molecule has 3 aliphatic heterocycles. The Hall–Kier alpha value is -2.60. The minimum Gasteiger partial charge on any atom is -0.462 e. The molecule has 0 spiro atoms. The van der Waals surface area contributed by atoms with Gasteiger partial charge in [-0.15, -0.1) is 0 Å². The molecule has 0 bridgehead atoms. The first-order valence-corrected chi connectivity index (χ1v) is 16.7. The normalized spacial score (nSPS) is 35.7. The topological polar surface area (TPSA) is 120 Å². The predicted octanol–water partition coefficient (Wildman–Crippen LogP) is 6.09. The first kappa shape index (κ1) is 33.3. The number of aryl methyl sites for hydroxylation is 1. The summed E-state index contributed by atoms with van der Waals surface area (Å²) >= 11 is 0. The van der Waals surface area contributed by atoms with E-state index in [1.165, 1.54) is 0 Å². The number of hydrogen-bond acceptors (Lipinski definition) is 10. The fourth-order valence-electron chi connectivity index (χ4n) is 7.77. The Bertz CT molecular complexity index is 1360. The quantitative estimate of drug-likeness (QED) is 0.377. The van der Waals surface area contributed by atoms with Crippen molar-refractivity contribution >= 4 is 12.1 Å². The number of fused-ring (bicyclic) bond motifs is 4. The van der Waals surface area contributed by atoms with E-state index in [9.17, 15) is 9.59 Å². The number of carbonyl (C=O) groups excluding carboxylic acids is 2. The van der Waals surface area contributed by atoms with Gasteiger partial charge in [0.1, 0.15) is 17.8 Å². The van der Waals surface area contributed by atoms with E-state index in [1.807, 2.05) is 75.3 Å². The van der Waals surface area contributed by atoms with Crippen LogP contribution in [-0.2, 0) is 28.4 Å². The van der Waals surface area contributed by atoms with Gasteiger partial charge in [-0.25, -0.2) is 9.59 Å². The van der Waals surface area contributed by atoms with Gasteiger partial charge in [-0.05, 0) is 106 Å². The summed E-state index contributed by atoms with van der Waals surface area (Å²) in [4.78, 5) is 25.9. The predicted molar refractivity (Wildman–Crippen MR) is 167 cm³/mol. The van der Waals surface area contributed by atoms with Crippen molar-refractivity contribution in [2.75, 3.05) is 6.61 Å². The van der Waals surface area contributed by atoms with Gasteiger partial charge in [0.15, 0.2) is 23.1 Å². The van der Waals surface area contributed by atoms with Gasteiger partial charge in [-0.2, -0.15) is 0 Å². The van der Waals surface area contributed by atoms with Crippen LogP contribution in [0.5, 0.6) is 11.5 Å². The highest BCUT2D eigenvalue weighted by molar-refractivity contribution is 5.93. The van der Waals surface area contributed by atoms with Crippen molar-refractivity contribution in [1.29, 1.82) is 0 Å². The molecule has 6 rings (SSSR count). The number of ether oxygens (including phenoxy) is 8. The molecule has 1 aromatic carbocycles. The summed E-state index contributed by atoms with van der Waals surface area (Å²) in [6.45, 7) is 19.1. The van der Waals surface area contributed by atoms with Crippen LogP contribution >= 0.6 is 0 Å². The van der Waals surface area contributed by atoms with Crippen LogP contribution < -0.4 is 14.8 Å². The highest BCUT2D eigenvalue weighted by atomic mass is 16.8. The zero-order chi connectivity index (χ0) is 33.4. The Labute approximate surface area is 272 Å². The molecule has 3 heterocycles. The Kier molecular flexibility index (Phi) is 8.35. The number of nitrogens with one attached hydrogen (secondary N) is 1. The van der Waals surface area contributed by atoms with Crippen molar-refractivity contribution in [3.63, 3.8) is 0 Å². The Morgan fingerprint density at radius 2 is 1.48 bits per heavy atom. The fraction of sp³-hybridized carbons (Fsp3) is 0.771. The zero-order valence-electron chi connectivity index (χ0n) is 28.9. The van der Waals surface area contributed by atoms with E-state index in [2.05, 4.69) is 5.32 Å². The summed E-state index contributed by atoms with van der Waals surface area (Å²) in [5, 5.41) is 3.00. The zero-order valence-corrected chi connectivity index (χ0v) is 28.9. The molecule has 0 unspecified atom stereocenters. The summed E-state index contributed by atoms with van der Waals surface area (Å²) in [7, 11) is 0. The van der Waals surface area contributed by atoms with Crippen LogP contribution in [0, 0.1) is 25.7 Å². The van der Waals surface area contributed by atoms with Gasteiger partial charge in [-0.3, -0.25) is 0 Å². The van der Waals surface area contributed by atoms with E-state index in [4.69, 9.17) is 37.9 Å². The lowest BCUT2D eigenvalue weighted by atomic mass is 9.81. The summed E-state index contributed by atoms with van der Waals surface area (Å²) in [6, 6.07) is 1.86. The molecule has 6 atom stereocenters. The molecule has 0 radical (unpaired) electrons. The number of benzene rings is 1. The van der Waals surface area contributed by atoms with Gasteiger partial charge < -0.3 is 43.2 Å². The van der Waals surface area contributed by atoms with Crippen LogP contribution in [0.2, 0.25) is 0 Å². The van der Waals surface area contributed by atoms with Crippen molar-refractivity contribution in [2.24, 2.45) is 11.8 Å². The van der Waals surface area contributed by atoms with Crippen LogP contribution in [0.3, 0.4) is 0 Å². The van der Waals surface area contributed by atoms with E-state index in [-0.39, 0.29) is 55.0 Å². The fourth-order valence-corrected chi connectivity index (χ4v) is 7.77. The van der Waals surface area contributed by atoms with Gasteiger partial charge in [-0.1, -0.05) is 0 Å². The molecule has 1 aromatic rings.